The van der Waals surface area contributed by atoms with Crippen molar-refractivity contribution >= 4 is 23.3 Å². The number of aryl methyl sites for hydroxylation is 1. The van der Waals surface area contributed by atoms with Gasteiger partial charge in [-0.3, -0.25) is 4.79 Å². The molecule has 0 atom stereocenters. The molecule has 28 heavy (non-hydrogen) atoms. The van der Waals surface area contributed by atoms with Gasteiger partial charge in [0.1, 0.15) is 11.6 Å². The molecule has 0 saturated heterocycles. The molecule has 0 radical (unpaired) electrons. The maximum Gasteiger partial charge on any atom is 0.263 e. The van der Waals surface area contributed by atoms with Gasteiger partial charge in [-0.05, 0) is 43.3 Å². The standard InChI is InChI=1S/C22H24ClN3O2/c1-15-5-9-17(10-6-15)26-20(13-19(25-26)22(2,3)4)24-21(27)14-28-18-11-7-16(23)8-12-18/h5-13H,14H2,1-4H3,(H,24,27). The van der Waals surface area contributed by atoms with E-state index < -0.39 is 0 Å². The largest absolute Gasteiger partial charge is 0.484 e. The summed E-state index contributed by atoms with van der Waals surface area (Å²) in [6.45, 7) is 8.19. The molecular formula is C22H24ClN3O2. The van der Waals surface area contributed by atoms with Crippen LogP contribution in [0, 0.1) is 6.92 Å². The van der Waals surface area contributed by atoms with E-state index in [9.17, 15) is 4.79 Å². The van der Waals surface area contributed by atoms with E-state index in [0.717, 1.165) is 16.9 Å². The third kappa shape index (κ3) is 4.93. The molecule has 0 bridgehead atoms. The van der Waals surface area contributed by atoms with Crippen LogP contribution in [-0.2, 0) is 10.2 Å². The molecule has 1 heterocycles. The van der Waals surface area contributed by atoms with Gasteiger partial charge in [-0.25, -0.2) is 4.68 Å². The van der Waals surface area contributed by atoms with E-state index in [0.29, 0.717) is 16.6 Å². The fourth-order valence-electron chi connectivity index (χ4n) is 2.58. The van der Waals surface area contributed by atoms with Crippen LogP contribution < -0.4 is 10.1 Å². The van der Waals surface area contributed by atoms with Crippen LogP contribution in [0.5, 0.6) is 5.75 Å². The topological polar surface area (TPSA) is 56.2 Å². The smallest absolute Gasteiger partial charge is 0.263 e. The lowest BCUT2D eigenvalue weighted by molar-refractivity contribution is -0.118. The highest BCUT2D eigenvalue weighted by Crippen LogP contribution is 2.26. The molecule has 6 heteroatoms. The molecule has 0 aliphatic rings. The zero-order valence-corrected chi connectivity index (χ0v) is 17.2. The molecule has 0 fully saturated rings. The second-order valence-electron chi connectivity index (χ2n) is 7.70. The molecule has 146 valence electrons. The van der Waals surface area contributed by atoms with Gasteiger partial charge in [-0.2, -0.15) is 5.10 Å². The summed E-state index contributed by atoms with van der Waals surface area (Å²) in [6, 6.07) is 16.8. The van der Waals surface area contributed by atoms with Crippen molar-refractivity contribution in [3.8, 4) is 11.4 Å². The summed E-state index contributed by atoms with van der Waals surface area (Å²) in [5.74, 6) is 0.934. The number of amides is 1. The predicted molar refractivity (Wildman–Crippen MR) is 113 cm³/mol. The number of nitrogens with zero attached hydrogens (tertiary/aromatic N) is 2. The number of hydrogen-bond acceptors (Lipinski definition) is 3. The number of hydrogen-bond donors (Lipinski definition) is 1. The minimum Gasteiger partial charge on any atom is -0.484 e. The highest BCUT2D eigenvalue weighted by Gasteiger charge is 2.21. The number of ether oxygens (including phenoxy) is 1. The number of aromatic nitrogens is 2. The van der Waals surface area contributed by atoms with Gasteiger partial charge in [0.2, 0.25) is 0 Å². The molecule has 1 amide bonds. The molecule has 1 aromatic heterocycles. The monoisotopic (exact) mass is 397 g/mol. The van der Waals surface area contributed by atoms with Gasteiger partial charge < -0.3 is 10.1 Å². The average molecular weight is 398 g/mol. The van der Waals surface area contributed by atoms with Gasteiger partial charge in [-0.1, -0.05) is 50.1 Å². The third-order valence-electron chi connectivity index (χ3n) is 4.21. The average Bonchev–Trinajstić information content (AvgIpc) is 3.06. The van der Waals surface area contributed by atoms with E-state index in [1.165, 1.54) is 0 Å². The van der Waals surface area contributed by atoms with Crippen LogP contribution >= 0.6 is 11.6 Å². The SMILES string of the molecule is Cc1ccc(-n2nc(C(C)(C)C)cc2NC(=O)COc2ccc(Cl)cc2)cc1. The molecule has 0 aliphatic heterocycles. The van der Waals surface area contributed by atoms with Crippen molar-refractivity contribution in [3.05, 3.63) is 70.9 Å². The second-order valence-corrected chi connectivity index (χ2v) is 8.14. The molecule has 0 spiro atoms. The summed E-state index contributed by atoms with van der Waals surface area (Å²) in [4.78, 5) is 12.4. The first-order valence-corrected chi connectivity index (χ1v) is 9.46. The normalized spacial score (nSPS) is 11.3. The van der Waals surface area contributed by atoms with E-state index in [1.807, 2.05) is 37.3 Å². The maximum absolute atomic E-state index is 12.4. The zero-order chi connectivity index (χ0) is 20.3. The van der Waals surface area contributed by atoms with Gasteiger partial charge in [0.05, 0.1) is 11.4 Å². The molecule has 0 aliphatic carbocycles. The summed E-state index contributed by atoms with van der Waals surface area (Å²) in [7, 11) is 0. The molecule has 5 nitrogen and oxygen atoms in total. The fourth-order valence-corrected chi connectivity index (χ4v) is 2.70. The Morgan fingerprint density at radius 3 is 2.36 bits per heavy atom. The number of carbonyl (C=O) groups is 1. The van der Waals surface area contributed by atoms with Gasteiger partial charge >= 0.3 is 0 Å². The minimum absolute atomic E-state index is 0.106. The number of carbonyl (C=O) groups excluding carboxylic acids is 1. The number of anilines is 1. The summed E-state index contributed by atoms with van der Waals surface area (Å²) in [5, 5.41) is 8.24. The number of halogens is 1. The third-order valence-corrected chi connectivity index (χ3v) is 4.46. The Kier molecular flexibility index (Phi) is 5.75. The number of rotatable bonds is 5. The Morgan fingerprint density at radius 2 is 1.75 bits per heavy atom. The van der Waals surface area contributed by atoms with Crippen LogP contribution in [0.3, 0.4) is 0 Å². The predicted octanol–water partition coefficient (Wildman–Crippen LogP) is 5.15. The molecule has 1 N–H and O–H groups in total. The molecule has 0 unspecified atom stereocenters. The van der Waals surface area contributed by atoms with Gasteiger partial charge in [-0.15, -0.1) is 0 Å². The van der Waals surface area contributed by atoms with Crippen molar-refractivity contribution in [2.24, 2.45) is 0 Å². The van der Waals surface area contributed by atoms with Crippen molar-refractivity contribution in [1.82, 2.24) is 9.78 Å². The van der Waals surface area contributed by atoms with Crippen molar-refractivity contribution < 1.29 is 9.53 Å². The van der Waals surface area contributed by atoms with Crippen molar-refractivity contribution in [1.29, 1.82) is 0 Å². The van der Waals surface area contributed by atoms with Crippen LogP contribution in [0.4, 0.5) is 5.82 Å². The second kappa shape index (κ2) is 8.07. The first-order valence-electron chi connectivity index (χ1n) is 9.08. The highest BCUT2D eigenvalue weighted by atomic mass is 35.5. The summed E-state index contributed by atoms with van der Waals surface area (Å²) in [6.07, 6.45) is 0. The Bertz CT molecular complexity index is 955. The lowest BCUT2D eigenvalue weighted by atomic mass is 9.92. The van der Waals surface area contributed by atoms with Crippen LogP contribution in [0.1, 0.15) is 32.0 Å². The van der Waals surface area contributed by atoms with E-state index in [-0.39, 0.29) is 17.9 Å². The minimum atomic E-state index is -0.260. The summed E-state index contributed by atoms with van der Waals surface area (Å²) < 4.78 is 7.28. The number of benzene rings is 2. The highest BCUT2D eigenvalue weighted by molar-refractivity contribution is 6.30. The van der Waals surface area contributed by atoms with Crippen LogP contribution in [0.25, 0.3) is 5.69 Å². The van der Waals surface area contributed by atoms with E-state index in [1.54, 1.807) is 28.9 Å². The molecule has 0 saturated carbocycles. The molecular weight excluding hydrogens is 374 g/mol. The van der Waals surface area contributed by atoms with Crippen molar-refractivity contribution in [2.45, 2.75) is 33.1 Å². The van der Waals surface area contributed by atoms with Gasteiger partial charge in [0.15, 0.2) is 6.61 Å². The van der Waals surface area contributed by atoms with Gasteiger partial charge in [0, 0.05) is 16.5 Å². The van der Waals surface area contributed by atoms with E-state index in [4.69, 9.17) is 21.4 Å². The Balaban J connectivity index is 1.79. The first-order chi connectivity index (χ1) is 13.2. The lowest BCUT2D eigenvalue weighted by Gasteiger charge is -2.14. The summed E-state index contributed by atoms with van der Waals surface area (Å²) in [5.41, 5.74) is 2.79. The van der Waals surface area contributed by atoms with Crippen LogP contribution in [0.15, 0.2) is 54.6 Å². The Hall–Kier alpha value is -2.79. The number of nitrogens with one attached hydrogen (secondary N) is 1. The molecule has 2 aromatic carbocycles. The van der Waals surface area contributed by atoms with Crippen molar-refractivity contribution in [3.63, 3.8) is 0 Å². The molecule has 3 rings (SSSR count). The van der Waals surface area contributed by atoms with Crippen LogP contribution in [0.2, 0.25) is 5.02 Å². The van der Waals surface area contributed by atoms with Crippen LogP contribution in [-0.4, -0.2) is 22.3 Å². The maximum atomic E-state index is 12.4. The fraction of sp³-hybridized carbons (Fsp3) is 0.273. The van der Waals surface area contributed by atoms with Gasteiger partial charge in [0.25, 0.3) is 5.91 Å². The van der Waals surface area contributed by atoms with E-state index in [2.05, 4.69) is 26.1 Å². The Labute approximate surface area is 170 Å². The van der Waals surface area contributed by atoms with E-state index >= 15 is 0 Å². The summed E-state index contributed by atoms with van der Waals surface area (Å²) >= 11 is 5.86. The van der Waals surface area contributed by atoms with Crippen molar-refractivity contribution in [2.75, 3.05) is 11.9 Å². The quantitative estimate of drug-likeness (QED) is 0.647. The lowest BCUT2D eigenvalue weighted by Crippen LogP contribution is -2.21. The Morgan fingerprint density at radius 1 is 1.11 bits per heavy atom. The molecule has 3 aromatic rings. The zero-order valence-electron chi connectivity index (χ0n) is 16.5. The first kappa shape index (κ1) is 20.0.